The summed E-state index contributed by atoms with van der Waals surface area (Å²) in [6.07, 6.45) is 2.76. The Morgan fingerprint density at radius 3 is 2.83 bits per heavy atom. The molecule has 3 N–H and O–H groups in total. The second kappa shape index (κ2) is 6.70. The summed E-state index contributed by atoms with van der Waals surface area (Å²) < 4.78 is 0. The molecule has 0 aliphatic carbocycles. The Balaban J connectivity index is 3.48. The number of rotatable bonds is 5. The maximum atomic E-state index is 5.57. The van der Waals surface area contributed by atoms with Crippen molar-refractivity contribution in [2.45, 2.75) is 20.3 Å². The first-order valence-corrected chi connectivity index (χ1v) is 4.31. The SMILES string of the molecule is C=CCCNC(N)=NCC(C)C. The van der Waals surface area contributed by atoms with E-state index in [4.69, 9.17) is 5.73 Å². The van der Waals surface area contributed by atoms with Crippen molar-refractivity contribution in [1.29, 1.82) is 0 Å². The van der Waals surface area contributed by atoms with E-state index in [1.54, 1.807) is 0 Å². The van der Waals surface area contributed by atoms with Crippen LogP contribution >= 0.6 is 0 Å². The van der Waals surface area contributed by atoms with Crippen LogP contribution in [0.3, 0.4) is 0 Å². The molecule has 0 aromatic heterocycles. The van der Waals surface area contributed by atoms with E-state index in [0.29, 0.717) is 11.9 Å². The van der Waals surface area contributed by atoms with Crippen LogP contribution in [-0.4, -0.2) is 19.0 Å². The molecule has 0 aliphatic heterocycles. The Labute approximate surface area is 74.8 Å². The standard InChI is InChI=1S/C9H19N3/c1-4-5-6-11-9(10)12-7-8(2)3/h4,8H,1,5-7H2,2-3H3,(H3,10,11,12). The van der Waals surface area contributed by atoms with Crippen molar-refractivity contribution >= 4 is 5.96 Å². The van der Waals surface area contributed by atoms with Crippen molar-refractivity contribution in [2.24, 2.45) is 16.6 Å². The molecule has 0 saturated heterocycles. The molecule has 12 heavy (non-hydrogen) atoms. The van der Waals surface area contributed by atoms with Crippen LogP contribution in [0, 0.1) is 5.92 Å². The Morgan fingerprint density at radius 1 is 1.67 bits per heavy atom. The summed E-state index contributed by atoms with van der Waals surface area (Å²) in [6, 6.07) is 0. The summed E-state index contributed by atoms with van der Waals surface area (Å²) >= 11 is 0. The Bertz CT molecular complexity index is 150. The molecule has 0 amide bonds. The van der Waals surface area contributed by atoms with Gasteiger partial charge in [-0.2, -0.15) is 0 Å². The van der Waals surface area contributed by atoms with Gasteiger partial charge in [0.25, 0.3) is 0 Å². The van der Waals surface area contributed by atoms with Gasteiger partial charge in [0.05, 0.1) is 0 Å². The predicted molar refractivity (Wildman–Crippen MR) is 54.1 cm³/mol. The van der Waals surface area contributed by atoms with E-state index in [0.717, 1.165) is 19.5 Å². The molecule has 0 saturated carbocycles. The van der Waals surface area contributed by atoms with Crippen LogP contribution in [0.25, 0.3) is 0 Å². The van der Waals surface area contributed by atoms with Gasteiger partial charge in [0.15, 0.2) is 5.96 Å². The number of hydrogen-bond donors (Lipinski definition) is 2. The summed E-state index contributed by atoms with van der Waals surface area (Å²) in [7, 11) is 0. The van der Waals surface area contributed by atoms with E-state index in [1.165, 1.54) is 0 Å². The third-order valence-electron chi connectivity index (χ3n) is 1.28. The third kappa shape index (κ3) is 7.12. The van der Waals surface area contributed by atoms with Crippen LogP contribution < -0.4 is 11.1 Å². The molecule has 0 rings (SSSR count). The first-order valence-electron chi connectivity index (χ1n) is 4.31. The summed E-state index contributed by atoms with van der Waals surface area (Å²) in [5, 5.41) is 3.00. The molecule has 3 heteroatoms. The zero-order valence-corrected chi connectivity index (χ0v) is 8.01. The lowest BCUT2D eigenvalue weighted by Crippen LogP contribution is -2.32. The normalized spacial score (nSPS) is 11.8. The quantitative estimate of drug-likeness (QED) is 0.280. The maximum absolute atomic E-state index is 5.57. The van der Waals surface area contributed by atoms with Crippen molar-refractivity contribution in [3.8, 4) is 0 Å². The molecule has 0 heterocycles. The van der Waals surface area contributed by atoms with Crippen LogP contribution in [0.2, 0.25) is 0 Å². The summed E-state index contributed by atoms with van der Waals surface area (Å²) in [4.78, 5) is 4.14. The highest BCUT2D eigenvalue weighted by Gasteiger charge is 1.92. The number of nitrogens with two attached hydrogens (primary N) is 1. The fraction of sp³-hybridized carbons (Fsp3) is 0.667. The molecule has 0 spiro atoms. The number of guanidine groups is 1. The summed E-state index contributed by atoms with van der Waals surface area (Å²) in [6.45, 7) is 9.44. The molecule has 0 radical (unpaired) electrons. The molecular formula is C9H19N3. The lowest BCUT2D eigenvalue weighted by Gasteiger charge is -2.04. The second-order valence-electron chi connectivity index (χ2n) is 3.12. The fourth-order valence-electron chi connectivity index (χ4n) is 0.639. The highest BCUT2D eigenvalue weighted by Crippen LogP contribution is 1.90. The van der Waals surface area contributed by atoms with Gasteiger partial charge in [-0.1, -0.05) is 19.9 Å². The Morgan fingerprint density at radius 2 is 2.33 bits per heavy atom. The van der Waals surface area contributed by atoms with Crippen LogP contribution in [0.1, 0.15) is 20.3 Å². The zero-order valence-electron chi connectivity index (χ0n) is 8.01. The van der Waals surface area contributed by atoms with Gasteiger partial charge in [-0.15, -0.1) is 6.58 Å². The minimum absolute atomic E-state index is 0.533. The van der Waals surface area contributed by atoms with E-state index < -0.39 is 0 Å². The molecule has 70 valence electrons. The average Bonchev–Trinajstić information content (AvgIpc) is 2.01. The van der Waals surface area contributed by atoms with Gasteiger partial charge in [-0.25, -0.2) is 0 Å². The van der Waals surface area contributed by atoms with Gasteiger partial charge in [0.2, 0.25) is 0 Å². The number of nitrogens with one attached hydrogen (secondary N) is 1. The molecule has 0 aromatic carbocycles. The van der Waals surface area contributed by atoms with E-state index >= 15 is 0 Å². The molecule has 3 nitrogen and oxygen atoms in total. The number of nitrogens with zero attached hydrogens (tertiary/aromatic N) is 1. The zero-order chi connectivity index (χ0) is 9.40. The third-order valence-corrected chi connectivity index (χ3v) is 1.28. The minimum atomic E-state index is 0.533. The minimum Gasteiger partial charge on any atom is -0.370 e. The first-order chi connectivity index (χ1) is 5.66. The summed E-state index contributed by atoms with van der Waals surface area (Å²) in [5.41, 5.74) is 5.57. The van der Waals surface area contributed by atoms with E-state index in [2.05, 4.69) is 30.7 Å². The van der Waals surface area contributed by atoms with Gasteiger partial charge >= 0.3 is 0 Å². The van der Waals surface area contributed by atoms with E-state index in [-0.39, 0.29) is 0 Å². The van der Waals surface area contributed by atoms with Gasteiger partial charge in [-0.3, -0.25) is 4.99 Å². The van der Waals surface area contributed by atoms with Crippen molar-refractivity contribution in [1.82, 2.24) is 5.32 Å². The van der Waals surface area contributed by atoms with Gasteiger partial charge < -0.3 is 11.1 Å². The highest BCUT2D eigenvalue weighted by molar-refractivity contribution is 5.77. The fourth-order valence-corrected chi connectivity index (χ4v) is 0.639. The lowest BCUT2D eigenvalue weighted by atomic mass is 10.2. The van der Waals surface area contributed by atoms with Crippen molar-refractivity contribution in [3.63, 3.8) is 0 Å². The Hall–Kier alpha value is -0.990. The molecule has 0 fully saturated rings. The highest BCUT2D eigenvalue weighted by atomic mass is 15.1. The molecule has 0 aliphatic rings. The lowest BCUT2D eigenvalue weighted by molar-refractivity contribution is 0.661. The molecular weight excluding hydrogens is 150 g/mol. The second-order valence-corrected chi connectivity index (χ2v) is 3.12. The van der Waals surface area contributed by atoms with Crippen LogP contribution in [0.4, 0.5) is 0 Å². The van der Waals surface area contributed by atoms with E-state index in [1.807, 2.05) is 6.08 Å². The van der Waals surface area contributed by atoms with Crippen molar-refractivity contribution in [3.05, 3.63) is 12.7 Å². The van der Waals surface area contributed by atoms with Gasteiger partial charge in [0, 0.05) is 13.1 Å². The largest absolute Gasteiger partial charge is 0.370 e. The average molecular weight is 169 g/mol. The number of aliphatic imine (C=N–C) groups is 1. The maximum Gasteiger partial charge on any atom is 0.188 e. The molecule has 0 aromatic rings. The van der Waals surface area contributed by atoms with Crippen molar-refractivity contribution in [2.75, 3.05) is 13.1 Å². The smallest absolute Gasteiger partial charge is 0.188 e. The summed E-state index contributed by atoms with van der Waals surface area (Å²) in [5.74, 6) is 1.09. The predicted octanol–water partition coefficient (Wildman–Crippen LogP) is 1.12. The molecule has 0 atom stereocenters. The van der Waals surface area contributed by atoms with Gasteiger partial charge in [-0.05, 0) is 12.3 Å². The van der Waals surface area contributed by atoms with Crippen LogP contribution in [0.5, 0.6) is 0 Å². The molecule has 0 bridgehead atoms. The van der Waals surface area contributed by atoms with Crippen LogP contribution in [-0.2, 0) is 0 Å². The first kappa shape index (κ1) is 11.0. The topological polar surface area (TPSA) is 50.4 Å². The number of hydrogen-bond acceptors (Lipinski definition) is 1. The van der Waals surface area contributed by atoms with Gasteiger partial charge in [0.1, 0.15) is 0 Å². The Kier molecular flexibility index (Phi) is 6.15. The molecule has 0 unspecified atom stereocenters. The van der Waals surface area contributed by atoms with Crippen LogP contribution in [0.15, 0.2) is 17.6 Å². The van der Waals surface area contributed by atoms with E-state index in [9.17, 15) is 0 Å². The van der Waals surface area contributed by atoms with Crippen molar-refractivity contribution < 1.29 is 0 Å². The monoisotopic (exact) mass is 169 g/mol.